The van der Waals surface area contributed by atoms with Crippen molar-refractivity contribution < 1.29 is 0 Å². The Labute approximate surface area is 278 Å². The van der Waals surface area contributed by atoms with Crippen molar-refractivity contribution in [2.45, 2.75) is 52.3 Å². The van der Waals surface area contributed by atoms with Gasteiger partial charge in [-0.3, -0.25) is 0 Å². The maximum Gasteiger partial charge on any atom is 0.212 e. The van der Waals surface area contributed by atoms with E-state index in [1.165, 1.54) is 77.4 Å². The summed E-state index contributed by atoms with van der Waals surface area (Å²) in [6.45, 7) is 14.5. The van der Waals surface area contributed by atoms with Crippen LogP contribution in [0.3, 0.4) is 0 Å². The Morgan fingerprint density at radius 2 is 1.36 bits per heavy atom. The second-order valence-electron chi connectivity index (χ2n) is 15.1. The van der Waals surface area contributed by atoms with Crippen LogP contribution in [0.4, 0.5) is 11.4 Å². The molecule has 0 bridgehead atoms. The Morgan fingerprint density at radius 1 is 0.660 bits per heavy atom. The van der Waals surface area contributed by atoms with E-state index in [0.717, 1.165) is 11.4 Å². The maximum atomic E-state index is 3.90. The summed E-state index contributed by atoms with van der Waals surface area (Å²) in [5, 5.41) is 6.62. The largest absolute Gasteiger partial charge is 0.355 e. The van der Waals surface area contributed by atoms with E-state index in [0.29, 0.717) is 0 Å². The van der Waals surface area contributed by atoms with Crippen molar-refractivity contribution in [3.05, 3.63) is 138 Å². The van der Waals surface area contributed by atoms with Crippen LogP contribution >= 0.6 is 0 Å². The van der Waals surface area contributed by atoms with Crippen LogP contribution in [0.5, 0.6) is 0 Å². The van der Waals surface area contributed by atoms with Crippen molar-refractivity contribution in [3.8, 4) is 27.9 Å². The van der Waals surface area contributed by atoms with Gasteiger partial charge in [0.25, 0.3) is 0 Å². The molecule has 1 aromatic heterocycles. The molecule has 1 aliphatic heterocycles. The van der Waals surface area contributed by atoms with Crippen molar-refractivity contribution in [1.82, 2.24) is 4.57 Å². The first-order valence-corrected chi connectivity index (χ1v) is 17.0. The lowest BCUT2D eigenvalue weighted by molar-refractivity contribution is 0.596. The molecule has 0 saturated heterocycles. The molecule has 7 aromatic rings. The third kappa shape index (κ3) is 3.92. The van der Waals surface area contributed by atoms with Crippen LogP contribution in [-0.2, 0) is 10.8 Å². The normalized spacial score (nSPS) is 14.3. The van der Waals surface area contributed by atoms with Crippen LogP contribution in [0, 0.1) is 0 Å². The summed E-state index contributed by atoms with van der Waals surface area (Å²) in [7, 11) is 0. The molecule has 6 aromatic carbocycles. The summed E-state index contributed by atoms with van der Waals surface area (Å²) in [6, 6.07) is 45.1. The third-order valence-electron chi connectivity index (χ3n) is 10.9. The van der Waals surface area contributed by atoms with Crippen LogP contribution in [0.15, 0.2) is 121 Å². The minimum Gasteiger partial charge on any atom is -0.355 e. The lowest BCUT2D eigenvalue weighted by Crippen LogP contribution is -2.46. The number of fused-ring (bicyclic) bond motifs is 8. The van der Waals surface area contributed by atoms with Crippen molar-refractivity contribution in [3.63, 3.8) is 0 Å². The third-order valence-corrected chi connectivity index (χ3v) is 10.9. The van der Waals surface area contributed by atoms with Crippen LogP contribution in [0.2, 0.25) is 6.82 Å². The fraction of sp³-hybridized carbons (Fsp3) is 0.182. The Balaban J connectivity index is 1.45. The molecular formula is C44H39BN2. The fourth-order valence-corrected chi connectivity index (χ4v) is 8.66. The van der Waals surface area contributed by atoms with Gasteiger partial charge in [0.15, 0.2) is 0 Å². The predicted molar refractivity (Wildman–Crippen MR) is 203 cm³/mol. The van der Waals surface area contributed by atoms with Gasteiger partial charge >= 0.3 is 0 Å². The molecule has 0 spiro atoms. The molecule has 2 aliphatic rings. The van der Waals surface area contributed by atoms with E-state index in [9.17, 15) is 0 Å². The Hall–Kier alpha value is -5.02. The minimum absolute atomic E-state index is 0.0678. The van der Waals surface area contributed by atoms with Crippen molar-refractivity contribution in [1.29, 1.82) is 0 Å². The SMILES string of the molecule is CB1c2ccccc2-n2c3ccccc3c3c(C(C)(C)C)cc(-c4cc5c(cc4Nc4ccccc4)-c4ccccc4C5(C)C)c1c32. The van der Waals surface area contributed by atoms with Gasteiger partial charge in [0.1, 0.15) is 0 Å². The Morgan fingerprint density at radius 3 is 2.17 bits per heavy atom. The number of rotatable bonds is 3. The summed E-state index contributed by atoms with van der Waals surface area (Å²) in [6.07, 6.45) is 0. The zero-order valence-corrected chi connectivity index (χ0v) is 28.1. The molecule has 228 valence electrons. The highest BCUT2D eigenvalue weighted by atomic mass is 15.0. The van der Waals surface area contributed by atoms with Crippen LogP contribution in [0.25, 0.3) is 49.7 Å². The summed E-state index contributed by atoms with van der Waals surface area (Å²) in [4.78, 5) is 0. The standard InChI is InChI=1S/C44H39BN2/c1-43(2,3)35-25-32(41-42-40(35)29-19-11-14-22-38(29)47(42)39-23-15-13-21-36(39)45(41)6)31-24-34-30(26-37(31)46-27-16-8-7-9-17-27)28-18-10-12-20-33(28)44(34,4)5/h7-26,46H,1-6H3. The van der Waals surface area contributed by atoms with Gasteiger partial charge in [0.2, 0.25) is 6.71 Å². The number of nitrogens with one attached hydrogen (secondary N) is 1. The smallest absolute Gasteiger partial charge is 0.212 e. The maximum absolute atomic E-state index is 3.90. The topological polar surface area (TPSA) is 17.0 Å². The number of nitrogens with zero attached hydrogens (tertiary/aromatic N) is 1. The molecule has 1 N–H and O–H groups in total. The summed E-state index contributed by atoms with van der Waals surface area (Å²) in [5.41, 5.74) is 18.2. The van der Waals surface area contributed by atoms with Gasteiger partial charge in [0, 0.05) is 44.3 Å². The van der Waals surface area contributed by atoms with Gasteiger partial charge in [-0.05, 0) is 80.7 Å². The molecule has 2 heterocycles. The van der Waals surface area contributed by atoms with Gasteiger partial charge in [-0.2, -0.15) is 0 Å². The predicted octanol–water partition coefficient (Wildman–Crippen LogP) is 10.4. The van der Waals surface area contributed by atoms with E-state index in [2.05, 4.69) is 173 Å². The van der Waals surface area contributed by atoms with Crippen LogP contribution in [-0.4, -0.2) is 11.3 Å². The molecule has 1 aliphatic carbocycles. The van der Waals surface area contributed by atoms with E-state index in [1.54, 1.807) is 0 Å². The van der Waals surface area contributed by atoms with Crippen molar-refractivity contribution in [2.75, 3.05) is 5.32 Å². The lowest BCUT2D eigenvalue weighted by atomic mass is 9.39. The van der Waals surface area contributed by atoms with E-state index < -0.39 is 0 Å². The first-order valence-electron chi connectivity index (χ1n) is 17.0. The minimum atomic E-state index is -0.104. The Kier molecular flexibility index (Phi) is 5.85. The van der Waals surface area contributed by atoms with Crippen LogP contribution in [0.1, 0.15) is 51.3 Å². The monoisotopic (exact) mass is 606 g/mol. The molecule has 0 saturated carbocycles. The average molecular weight is 607 g/mol. The van der Waals surface area contributed by atoms with E-state index in [1.807, 2.05) is 0 Å². The molecule has 0 radical (unpaired) electrons. The summed E-state index contributed by atoms with van der Waals surface area (Å²) >= 11 is 0. The van der Waals surface area contributed by atoms with Gasteiger partial charge in [-0.15, -0.1) is 0 Å². The second kappa shape index (κ2) is 9.75. The van der Waals surface area contributed by atoms with Crippen LogP contribution < -0.4 is 16.2 Å². The van der Waals surface area contributed by atoms with E-state index in [4.69, 9.17) is 0 Å². The zero-order valence-electron chi connectivity index (χ0n) is 28.1. The highest BCUT2D eigenvalue weighted by Crippen LogP contribution is 2.52. The molecular weight excluding hydrogens is 567 g/mol. The number of anilines is 2. The number of benzene rings is 6. The number of aromatic nitrogens is 1. The molecule has 0 fully saturated rings. The average Bonchev–Trinajstić information content (AvgIpc) is 3.52. The number of para-hydroxylation sites is 3. The quantitative estimate of drug-likeness (QED) is 0.198. The highest BCUT2D eigenvalue weighted by Gasteiger charge is 2.38. The fourth-order valence-electron chi connectivity index (χ4n) is 8.66. The van der Waals surface area contributed by atoms with Gasteiger partial charge in [0.05, 0.1) is 5.52 Å². The van der Waals surface area contributed by atoms with Gasteiger partial charge < -0.3 is 9.88 Å². The van der Waals surface area contributed by atoms with Gasteiger partial charge in [-0.1, -0.05) is 132 Å². The first-order chi connectivity index (χ1) is 22.6. The molecule has 0 amide bonds. The van der Waals surface area contributed by atoms with E-state index >= 15 is 0 Å². The molecule has 0 atom stereocenters. The molecule has 0 unspecified atom stereocenters. The number of hydrogen-bond donors (Lipinski definition) is 1. The molecule has 47 heavy (non-hydrogen) atoms. The molecule has 3 heteroatoms. The lowest BCUT2D eigenvalue weighted by Gasteiger charge is -2.31. The van der Waals surface area contributed by atoms with Crippen molar-refractivity contribution >= 4 is 50.8 Å². The van der Waals surface area contributed by atoms with E-state index in [-0.39, 0.29) is 17.5 Å². The number of hydrogen-bond acceptors (Lipinski definition) is 1. The summed E-state index contributed by atoms with van der Waals surface area (Å²) < 4.78 is 2.56. The van der Waals surface area contributed by atoms with Crippen molar-refractivity contribution in [2.24, 2.45) is 0 Å². The Bertz CT molecular complexity index is 2410. The highest BCUT2D eigenvalue weighted by molar-refractivity contribution is 6.88. The molecule has 9 rings (SSSR count). The first kappa shape index (κ1) is 28.2. The second-order valence-corrected chi connectivity index (χ2v) is 15.1. The molecule has 2 nitrogen and oxygen atoms in total. The zero-order chi connectivity index (χ0) is 32.2. The van der Waals surface area contributed by atoms with Gasteiger partial charge in [-0.25, -0.2) is 0 Å². The summed E-state index contributed by atoms with van der Waals surface area (Å²) in [5.74, 6) is 0.